The third kappa shape index (κ3) is 5.34. The lowest BCUT2D eigenvalue weighted by Gasteiger charge is -2.19. The molecule has 128 valence electrons. The van der Waals surface area contributed by atoms with Crippen molar-refractivity contribution in [2.45, 2.75) is 45.4 Å². The number of sulfone groups is 1. The zero-order valence-electron chi connectivity index (χ0n) is 14.3. The number of carbonyl (C=O) groups excluding carboxylic acids is 1. The van der Waals surface area contributed by atoms with Crippen molar-refractivity contribution in [1.29, 1.82) is 0 Å². The number of carbonyl (C=O) groups is 1. The molecule has 0 bridgehead atoms. The Morgan fingerprint density at radius 1 is 1.22 bits per heavy atom. The highest BCUT2D eigenvalue weighted by Crippen LogP contribution is 2.23. The van der Waals surface area contributed by atoms with Gasteiger partial charge in [0.2, 0.25) is 0 Å². The average molecular weight is 337 g/mol. The fourth-order valence-electron chi connectivity index (χ4n) is 2.92. The SMILES string of the molecule is CC(C)(C)c1ccc(C(=O)NCCCC2CCS(=O)(=O)C2)cc1. The van der Waals surface area contributed by atoms with Crippen molar-refractivity contribution in [2.75, 3.05) is 18.1 Å². The number of benzene rings is 1. The van der Waals surface area contributed by atoms with E-state index >= 15 is 0 Å². The Bertz CT molecular complexity index is 642. The number of amides is 1. The van der Waals surface area contributed by atoms with E-state index in [4.69, 9.17) is 0 Å². The third-order valence-electron chi connectivity index (χ3n) is 4.41. The van der Waals surface area contributed by atoms with Crippen LogP contribution in [0.4, 0.5) is 0 Å². The molecule has 0 saturated carbocycles. The van der Waals surface area contributed by atoms with E-state index in [0.717, 1.165) is 19.3 Å². The number of nitrogens with one attached hydrogen (secondary N) is 1. The summed E-state index contributed by atoms with van der Waals surface area (Å²) in [7, 11) is -2.80. The van der Waals surface area contributed by atoms with Crippen LogP contribution >= 0.6 is 0 Å². The molecule has 4 nitrogen and oxygen atoms in total. The van der Waals surface area contributed by atoms with Crippen LogP contribution in [0.25, 0.3) is 0 Å². The van der Waals surface area contributed by atoms with Crippen LogP contribution < -0.4 is 5.32 Å². The van der Waals surface area contributed by atoms with Gasteiger partial charge < -0.3 is 5.32 Å². The van der Waals surface area contributed by atoms with E-state index in [1.165, 1.54) is 5.56 Å². The first-order chi connectivity index (χ1) is 10.7. The molecule has 1 heterocycles. The van der Waals surface area contributed by atoms with Gasteiger partial charge in [-0.3, -0.25) is 4.79 Å². The summed E-state index contributed by atoms with van der Waals surface area (Å²) in [6, 6.07) is 7.72. The molecule has 1 aliphatic rings. The zero-order valence-corrected chi connectivity index (χ0v) is 15.1. The topological polar surface area (TPSA) is 63.2 Å². The Labute approximate surface area is 139 Å². The van der Waals surface area contributed by atoms with Gasteiger partial charge in [0.15, 0.2) is 9.84 Å². The molecule has 1 aromatic carbocycles. The highest BCUT2D eigenvalue weighted by Gasteiger charge is 2.27. The molecule has 0 spiro atoms. The number of hydrogen-bond donors (Lipinski definition) is 1. The first-order valence-electron chi connectivity index (χ1n) is 8.26. The summed E-state index contributed by atoms with van der Waals surface area (Å²) in [6.45, 7) is 7.03. The van der Waals surface area contributed by atoms with Gasteiger partial charge in [0, 0.05) is 12.1 Å². The van der Waals surface area contributed by atoms with Gasteiger partial charge in [0.05, 0.1) is 11.5 Å². The lowest BCUT2D eigenvalue weighted by Crippen LogP contribution is -2.25. The quantitative estimate of drug-likeness (QED) is 0.840. The largest absolute Gasteiger partial charge is 0.352 e. The Kier molecular flexibility index (Phi) is 5.50. The van der Waals surface area contributed by atoms with E-state index in [0.29, 0.717) is 23.6 Å². The molecule has 1 amide bonds. The summed E-state index contributed by atoms with van der Waals surface area (Å²) in [5, 5.41) is 2.91. The van der Waals surface area contributed by atoms with Gasteiger partial charge in [-0.25, -0.2) is 8.42 Å². The Morgan fingerprint density at radius 2 is 1.87 bits per heavy atom. The molecule has 23 heavy (non-hydrogen) atoms. The van der Waals surface area contributed by atoms with Gasteiger partial charge in [0.25, 0.3) is 5.91 Å². The molecular formula is C18H27NO3S. The highest BCUT2D eigenvalue weighted by atomic mass is 32.2. The van der Waals surface area contributed by atoms with Gasteiger partial charge in [-0.15, -0.1) is 0 Å². The van der Waals surface area contributed by atoms with Crippen molar-refractivity contribution in [3.63, 3.8) is 0 Å². The highest BCUT2D eigenvalue weighted by molar-refractivity contribution is 7.91. The first-order valence-corrected chi connectivity index (χ1v) is 10.1. The van der Waals surface area contributed by atoms with Crippen LogP contribution in [0, 0.1) is 5.92 Å². The Morgan fingerprint density at radius 3 is 2.39 bits per heavy atom. The zero-order chi connectivity index (χ0) is 17.1. The fraction of sp³-hybridized carbons (Fsp3) is 0.611. The van der Waals surface area contributed by atoms with Gasteiger partial charge in [0.1, 0.15) is 0 Å². The van der Waals surface area contributed by atoms with Gasteiger partial charge >= 0.3 is 0 Å². The standard InChI is InChI=1S/C18H27NO3S/c1-18(2,3)16-8-6-15(7-9-16)17(20)19-11-4-5-14-10-12-23(21,22)13-14/h6-9,14H,4-5,10-13H2,1-3H3,(H,19,20). The van der Waals surface area contributed by atoms with Gasteiger partial charge in [-0.05, 0) is 48.3 Å². The monoisotopic (exact) mass is 337 g/mol. The van der Waals surface area contributed by atoms with Crippen LogP contribution in [-0.4, -0.2) is 32.4 Å². The lowest BCUT2D eigenvalue weighted by atomic mass is 9.87. The summed E-state index contributed by atoms with van der Waals surface area (Å²) in [5.41, 5.74) is 1.95. The third-order valence-corrected chi connectivity index (χ3v) is 6.25. The van der Waals surface area contributed by atoms with Crippen LogP contribution in [0.15, 0.2) is 24.3 Å². The Hall–Kier alpha value is -1.36. The molecule has 1 aliphatic heterocycles. The second-order valence-electron chi connectivity index (χ2n) is 7.49. The van der Waals surface area contributed by atoms with Crippen molar-refractivity contribution in [1.82, 2.24) is 5.32 Å². The minimum absolute atomic E-state index is 0.0653. The summed E-state index contributed by atoms with van der Waals surface area (Å²) >= 11 is 0. The molecule has 1 N–H and O–H groups in total. The summed E-state index contributed by atoms with van der Waals surface area (Å²) in [4.78, 5) is 12.1. The van der Waals surface area contributed by atoms with Crippen molar-refractivity contribution < 1.29 is 13.2 Å². The smallest absolute Gasteiger partial charge is 0.251 e. The predicted octanol–water partition coefficient (Wildman–Crippen LogP) is 2.93. The van der Waals surface area contributed by atoms with Crippen LogP contribution in [0.5, 0.6) is 0 Å². The van der Waals surface area contributed by atoms with Crippen molar-refractivity contribution in [3.8, 4) is 0 Å². The second kappa shape index (κ2) is 7.04. The molecule has 1 unspecified atom stereocenters. The van der Waals surface area contributed by atoms with Crippen molar-refractivity contribution in [3.05, 3.63) is 35.4 Å². The summed E-state index contributed by atoms with van der Waals surface area (Å²) < 4.78 is 22.8. The minimum atomic E-state index is -2.80. The van der Waals surface area contributed by atoms with Crippen molar-refractivity contribution in [2.24, 2.45) is 5.92 Å². The van der Waals surface area contributed by atoms with E-state index in [1.54, 1.807) is 0 Å². The Balaban J connectivity index is 1.75. The molecule has 1 saturated heterocycles. The number of hydrogen-bond acceptors (Lipinski definition) is 3. The van der Waals surface area contributed by atoms with Crippen LogP contribution in [0.3, 0.4) is 0 Å². The summed E-state index contributed by atoms with van der Waals surface area (Å²) in [6.07, 6.45) is 2.46. The molecule has 2 rings (SSSR count). The van der Waals surface area contributed by atoms with Crippen LogP contribution in [0.1, 0.15) is 56.0 Å². The molecule has 0 aromatic heterocycles. The van der Waals surface area contributed by atoms with Crippen LogP contribution in [-0.2, 0) is 15.3 Å². The number of rotatable bonds is 5. The molecule has 1 atom stereocenters. The second-order valence-corrected chi connectivity index (χ2v) is 9.72. The molecule has 0 aliphatic carbocycles. The lowest BCUT2D eigenvalue weighted by molar-refractivity contribution is 0.0952. The minimum Gasteiger partial charge on any atom is -0.352 e. The molecular weight excluding hydrogens is 310 g/mol. The normalized spacial score (nSPS) is 20.4. The summed E-state index contributed by atoms with van der Waals surface area (Å²) in [5.74, 6) is 0.840. The van der Waals surface area contributed by atoms with E-state index in [1.807, 2.05) is 24.3 Å². The maximum Gasteiger partial charge on any atom is 0.251 e. The van der Waals surface area contributed by atoms with E-state index in [2.05, 4.69) is 26.1 Å². The maximum absolute atomic E-state index is 12.1. The molecule has 5 heteroatoms. The average Bonchev–Trinajstić information content (AvgIpc) is 2.82. The molecule has 1 aromatic rings. The maximum atomic E-state index is 12.1. The fourth-order valence-corrected chi connectivity index (χ4v) is 4.83. The van der Waals surface area contributed by atoms with Gasteiger partial charge in [-0.2, -0.15) is 0 Å². The van der Waals surface area contributed by atoms with Crippen LogP contribution in [0.2, 0.25) is 0 Å². The molecule has 1 fully saturated rings. The molecule has 0 radical (unpaired) electrons. The van der Waals surface area contributed by atoms with E-state index in [-0.39, 0.29) is 17.2 Å². The predicted molar refractivity (Wildman–Crippen MR) is 93.5 cm³/mol. The van der Waals surface area contributed by atoms with E-state index < -0.39 is 9.84 Å². The van der Waals surface area contributed by atoms with Crippen molar-refractivity contribution >= 4 is 15.7 Å². The van der Waals surface area contributed by atoms with E-state index in [9.17, 15) is 13.2 Å². The van der Waals surface area contributed by atoms with Gasteiger partial charge in [-0.1, -0.05) is 32.9 Å². The first kappa shape index (κ1) is 18.0.